The van der Waals surface area contributed by atoms with Crippen molar-refractivity contribution < 1.29 is 0 Å². The molecule has 0 aliphatic rings. The molecule has 54 valence electrons. The monoisotopic (exact) mass is 185 g/mol. The molecule has 0 aromatic carbocycles. The molecule has 0 aromatic rings. The molecule has 0 rings (SSSR count). The van der Waals surface area contributed by atoms with Crippen LogP contribution in [0.4, 0.5) is 0 Å². The van der Waals surface area contributed by atoms with Gasteiger partial charge in [0.15, 0.2) is 0 Å². The quantitative estimate of drug-likeness (QED) is 0.605. The third-order valence-corrected chi connectivity index (χ3v) is 7.32. The van der Waals surface area contributed by atoms with Gasteiger partial charge in [-0.1, -0.05) is 0 Å². The van der Waals surface area contributed by atoms with Crippen LogP contribution < -0.4 is 0 Å². The normalized spacial score (nSPS) is 14.0. The van der Waals surface area contributed by atoms with Gasteiger partial charge in [0, 0.05) is 0 Å². The Hall–Kier alpha value is 0.596. The summed E-state index contributed by atoms with van der Waals surface area (Å²) in [5, 5.41) is 0. The molecular weight excluding hydrogens is 168 g/mol. The van der Waals surface area contributed by atoms with Gasteiger partial charge < -0.3 is 0 Å². The fraction of sp³-hybridized carbons (Fsp3) is 1.00. The van der Waals surface area contributed by atoms with Crippen LogP contribution in [-0.2, 0) is 0 Å². The van der Waals surface area contributed by atoms with Gasteiger partial charge in [0.05, 0.1) is 0 Å². The molecule has 2 heteroatoms. The molecule has 1 atom stereocenters. The van der Waals surface area contributed by atoms with E-state index >= 15 is 0 Å². The predicted molar refractivity (Wildman–Crippen MR) is 45.2 cm³/mol. The molecule has 0 aromatic heterocycles. The first kappa shape index (κ1) is 9.60. The third kappa shape index (κ3) is 3.33. The zero-order valence-electron chi connectivity index (χ0n) is 7.31. The van der Waals surface area contributed by atoms with E-state index in [4.69, 9.17) is 0 Å². The predicted octanol–water partition coefficient (Wildman–Crippen LogP) is 1.62. The molecule has 1 nitrogen and oxygen atoms in total. The van der Waals surface area contributed by atoms with E-state index in [-0.39, 0.29) is 0 Å². The molecule has 1 unspecified atom stereocenters. The number of rotatable bonds is 3. The second-order valence-corrected chi connectivity index (χ2v) is 10.0. The van der Waals surface area contributed by atoms with Gasteiger partial charge in [-0.25, -0.2) is 0 Å². The first-order valence-electron chi connectivity index (χ1n) is 3.76. The van der Waals surface area contributed by atoms with Gasteiger partial charge in [0.1, 0.15) is 0 Å². The van der Waals surface area contributed by atoms with Gasteiger partial charge in [0.25, 0.3) is 0 Å². The van der Waals surface area contributed by atoms with Crippen LogP contribution in [0.5, 0.6) is 0 Å². The Morgan fingerprint density at radius 1 is 1.33 bits per heavy atom. The molecule has 0 fully saturated rings. The van der Waals surface area contributed by atoms with Crippen molar-refractivity contribution in [2.45, 2.75) is 28.9 Å². The van der Waals surface area contributed by atoms with Crippen LogP contribution in [-0.4, -0.2) is 39.8 Å². The van der Waals surface area contributed by atoms with Crippen molar-refractivity contribution in [1.29, 1.82) is 0 Å². The van der Waals surface area contributed by atoms with Crippen molar-refractivity contribution in [2.24, 2.45) is 0 Å². The maximum absolute atomic E-state index is 2.46. The number of hydrogen-bond acceptors (Lipinski definition) is 1. The summed E-state index contributed by atoms with van der Waals surface area (Å²) in [6.07, 6.45) is 1.34. The first-order chi connectivity index (χ1) is 4.09. The molecule has 0 radical (unpaired) electrons. The standard InChI is InChI=1S/C5H12N.2CH3.Ga/c1-4-5-6(2)3;;;/h5H,4H2,1-3H3;2*1H3;. The van der Waals surface area contributed by atoms with Gasteiger partial charge in [-0.15, -0.1) is 0 Å². The second-order valence-electron chi connectivity index (χ2n) is 3.18. The fourth-order valence-electron chi connectivity index (χ4n) is 1.43. The molecule has 0 saturated carbocycles. The van der Waals surface area contributed by atoms with Crippen molar-refractivity contribution in [1.82, 2.24) is 4.90 Å². The number of nitrogens with zero attached hydrogens (tertiary/aromatic N) is 1. The Balaban J connectivity index is 3.68. The van der Waals surface area contributed by atoms with Crippen LogP contribution in [0.25, 0.3) is 0 Å². The van der Waals surface area contributed by atoms with Crippen LogP contribution in [0, 0.1) is 0 Å². The topological polar surface area (TPSA) is 3.24 Å². The van der Waals surface area contributed by atoms with Crippen LogP contribution in [0.1, 0.15) is 13.3 Å². The van der Waals surface area contributed by atoms with Crippen LogP contribution in [0.15, 0.2) is 0 Å². The molecule has 0 heterocycles. The molecule has 9 heavy (non-hydrogen) atoms. The Kier molecular flexibility index (Phi) is 4.71. The Labute approximate surface area is 64.5 Å². The molecular formula is C7H18GaN. The zero-order chi connectivity index (χ0) is 7.44. The van der Waals surface area contributed by atoms with Crippen molar-refractivity contribution in [3.8, 4) is 0 Å². The summed E-state index contributed by atoms with van der Waals surface area (Å²) < 4.78 is 0.942. The van der Waals surface area contributed by atoms with Crippen molar-refractivity contribution in [3.63, 3.8) is 0 Å². The Bertz CT molecular complexity index is 63.3. The van der Waals surface area contributed by atoms with Crippen molar-refractivity contribution >= 4 is 16.2 Å². The summed E-state index contributed by atoms with van der Waals surface area (Å²) in [6, 6.07) is 0. The summed E-state index contributed by atoms with van der Waals surface area (Å²) in [5.74, 6) is 0. The average molecular weight is 186 g/mol. The van der Waals surface area contributed by atoms with E-state index in [2.05, 4.69) is 36.9 Å². The summed E-state index contributed by atoms with van der Waals surface area (Å²) in [4.78, 5) is 2.38. The summed E-state index contributed by atoms with van der Waals surface area (Å²) in [5.41, 5.74) is 4.92. The van der Waals surface area contributed by atoms with E-state index in [9.17, 15) is 0 Å². The maximum atomic E-state index is 2.46. The molecule has 0 amide bonds. The van der Waals surface area contributed by atoms with E-state index < -0.39 is 16.2 Å². The third-order valence-electron chi connectivity index (χ3n) is 1.85. The van der Waals surface area contributed by atoms with E-state index in [0.717, 1.165) is 4.60 Å². The minimum atomic E-state index is -0.837. The zero-order valence-corrected chi connectivity index (χ0v) is 9.73. The van der Waals surface area contributed by atoms with Gasteiger partial charge in [0.2, 0.25) is 0 Å². The van der Waals surface area contributed by atoms with Crippen LogP contribution in [0.2, 0.25) is 11.0 Å². The molecule has 0 bridgehead atoms. The summed E-state index contributed by atoms with van der Waals surface area (Å²) in [7, 11) is 4.39. The average Bonchev–Trinajstić information content (AvgIpc) is 1.64. The molecule has 0 saturated heterocycles. The van der Waals surface area contributed by atoms with Crippen molar-refractivity contribution in [2.75, 3.05) is 14.1 Å². The van der Waals surface area contributed by atoms with E-state index in [1.807, 2.05) is 0 Å². The second kappa shape index (κ2) is 4.42. The van der Waals surface area contributed by atoms with Gasteiger partial charge in [-0.3, -0.25) is 0 Å². The summed E-state index contributed by atoms with van der Waals surface area (Å²) in [6.45, 7) is 2.29. The Morgan fingerprint density at radius 2 is 1.78 bits per heavy atom. The minimum absolute atomic E-state index is 0.837. The molecule has 0 spiro atoms. The summed E-state index contributed by atoms with van der Waals surface area (Å²) >= 11 is -0.837. The van der Waals surface area contributed by atoms with Gasteiger partial charge in [-0.05, 0) is 0 Å². The first-order valence-corrected chi connectivity index (χ1v) is 10.0. The SMILES string of the molecule is CC[CH](N(C)C)[Ga]([CH3])[CH3]. The number of hydrogen-bond donors (Lipinski definition) is 0. The Morgan fingerprint density at radius 3 is 1.78 bits per heavy atom. The molecule has 0 aliphatic heterocycles. The van der Waals surface area contributed by atoms with E-state index in [1.165, 1.54) is 6.42 Å². The molecule has 0 N–H and O–H groups in total. The van der Waals surface area contributed by atoms with Crippen LogP contribution in [0.3, 0.4) is 0 Å². The van der Waals surface area contributed by atoms with Crippen molar-refractivity contribution in [3.05, 3.63) is 0 Å². The van der Waals surface area contributed by atoms with Gasteiger partial charge >= 0.3 is 64.1 Å². The fourth-order valence-corrected chi connectivity index (χ4v) is 5.91. The van der Waals surface area contributed by atoms with E-state index in [0.29, 0.717) is 0 Å². The molecule has 0 aliphatic carbocycles. The van der Waals surface area contributed by atoms with E-state index in [1.54, 1.807) is 0 Å². The van der Waals surface area contributed by atoms with Crippen LogP contribution >= 0.6 is 0 Å². The van der Waals surface area contributed by atoms with Gasteiger partial charge in [-0.2, -0.15) is 0 Å².